The highest BCUT2D eigenvalue weighted by molar-refractivity contribution is 6.33. The van der Waals surface area contributed by atoms with Gasteiger partial charge in [-0.3, -0.25) is 0 Å². The molecule has 1 aromatic heterocycles. The zero-order chi connectivity index (χ0) is 13.1. The lowest BCUT2D eigenvalue weighted by Crippen LogP contribution is -1.95. The predicted octanol–water partition coefficient (Wildman–Crippen LogP) is 3.21. The fraction of sp³-hybridized carbons (Fsp3) is 0.385. The molecule has 0 radical (unpaired) electrons. The van der Waals surface area contributed by atoms with Gasteiger partial charge in [0.05, 0.1) is 10.7 Å². The highest BCUT2D eigenvalue weighted by Crippen LogP contribution is 2.20. The van der Waals surface area contributed by atoms with Crippen LogP contribution in [0.4, 0.5) is 5.69 Å². The van der Waals surface area contributed by atoms with E-state index >= 15 is 0 Å². The number of hydrogen-bond acceptors (Lipinski definition) is 4. The highest BCUT2D eigenvalue weighted by Gasteiger charge is 2.09. The minimum atomic E-state index is 0.286. The van der Waals surface area contributed by atoms with Crippen molar-refractivity contribution in [1.82, 2.24) is 10.1 Å². The Balaban J connectivity index is 2.00. The van der Waals surface area contributed by atoms with E-state index in [4.69, 9.17) is 21.9 Å². The van der Waals surface area contributed by atoms with Crippen molar-refractivity contribution in [2.75, 3.05) is 5.73 Å². The van der Waals surface area contributed by atoms with E-state index in [1.807, 2.05) is 26.0 Å². The van der Waals surface area contributed by atoms with Crippen molar-refractivity contribution in [3.05, 3.63) is 40.5 Å². The Morgan fingerprint density at radius 2 is 2.11 bits per heavy atom. The molecule has 2 N–H and O–H groups in total. The maximum atomic E-state index is 5.87. The lowest BCUT2D eigenvalue weighted by atomic mass is 10.1. The molecule has 4 nitrogen and oxygen atoms in total. The topological polar surface area (TPSA) is 64.9 Å². The minimum Gasteiger partial charge on any atom is -0.398 e. The molecule has 1 aromatic carbocycles. The number of hydrogen-bond donors (Lipinski definition) is 1. The molecule has 5 heteroatoms. The van der Waals surface area contributed by atoms with Gasteiger partial charge in [-0.2, -0.15) is 4.98 Å². The first-order valence-corrected chi connectivity index (χ1v) is 6.30. The summed E-state index contributed by atoms with van der Waals surface area (Å²) in [4.78, 5) is 4.33. The lowest BCUT2D eigenvalue weighted by Gasteiger charge is -2.02. The summed E-state index contributed by atoms with van der Waals surface area (Å²) >= 11 is 5.87. The van der Waals surface area contributed by atoms with Crippen LogP contribution in [0.3, 0.4) is 0 Å². The first-order chi connectivity index (χ1) is 8.56. The lowest BCUT2D eigenvalue weighted by molar-refractivity contribution is 0.371. The Bertz CT molecular complexity index is 537. The summed E-state index contributed by atoms with van der Waals surface area (Å²) in [6.45, 7) is 4.07. The Morgan fingerprint density at radius 1 is 1.33 bits per heavy atom. The smallest absolute Gasteiger partial charge is 0.226 e. The van der Waals surface area contributed by atoms with Crippen LogP contribution in [-0.2, 0) is 12.8 Å². The van der Waals surface area contributed by atoms with Gasteiger partial charge in [-0.25, -0.2) is 0 Å². The Hall–Kier alpha value is -1.55. The van der Waals surface area contributed by atoms with Gasteiger partial charge in [-0.15, -0.1) is 0 Å². The average molecular weight is 266 g/mol. The van der Waals surface area contributed by atoms with E-state index in [0.717, 1.165) is 17.8 Å². The molecule has 0 amide bonds. The maximum absolute atomic E-state index is 5.87. The van der Waals surface area contributed by atoms with Crippen LogP contribution in [0.1, 0.15) is 37.0 Å². The zero-order valence-corrected chi connectivity index (χ0v) is 11.2. The molecule has 0 unspecified atom stereocenters. The summed E-state index contributed by atoms with van der Waals surface area (Å²) in [5.41, 5.74) is 7.46. The summed E-state index contributed by atoms with van der Waals surface area (Å²) in [7, 11) is 0. The summed E-state index contributed by atoms with van der Waals surface area (Å²) < 4.78 is 5.18. The molecule has 2 aromatic rings. The van der Waals surface area contributed by atoms with Crippen LogP contribution in [0, 0.1) is 0 Å². The van der Waals surface area contributed by atoms with Gasteiger partial charge in [-0.1, -0.05) is 36.7 Å². The fourth-order valence-electron chi connectivity index (χ4n) is 1.60. The van der Waals surface area contributed by atoms with E-state index in [-0.39, 0.29) is 5.92 Å². The number of benzene rings is 1. The van der Waals surface area contributed by atoms with Crippen LogP contribution >= 0.6 is 11.6 Å². The molecule has 0 fully saturated rings. The molecule has 0 atom stereocenters. The van der Waals surface area contributed by atoms with Crippen LogP contribution < -0.4 is 5.73 Å². The van der Waals surface area contributed by atoms with Crippen molar-refractivity contribution < 1.29 is 4.52 Å². The summed E-state index contributed by atoms with van der Waals surface area (Å²) in [5.74, 6) is 1.70. The van der Waals surface area contributed by atoms with Gasteiger partial charge < -0.3 is 10.3 Å². The quantitative estimate of drug-likeness (QED) is 0.862. The first-order valence-electron chi connectivity index (χ1n) is 5.92. The number of nitrogens with two attached hydrogens (primary N) is 1. The monoisotopic (exact) mass is 265 g/mol. The van der Waals surface area contributed by atoms with E-state index in [2.05, 4.69) is 10.1 Å². The van der Waals surface area contributed by atoms with E-state index in [0.29, 0.717) is 23.0 Å². The third kappa shape index (κ3) is 3.01. The van der Waals surface area contributed by atoms with Crippen LogP contribution in [0.2, 0.25) is 5.02 Å². The summed E-state index contributed by atoms with van der Waals surface area (Å²) in [6.07, 6.45) is 1.52. The molecule has 18 heavy (non-hydrogen) atoms. The number of anilines is 1. The average Bonchev–Trinajstić information content (AvgIpc) is 2.79. The molecule has 0 saturated heterocycles. The van der Waals surface area contributed by atoms with Crippen LogP contribution in [-0.4, -0.2) is 10.1 Å². The van der Waals surface area contributed by atoms with E-state index < -0.39 is 0 Å². The molecule has 0 saturated carbocycles. The molecular formula is C13H16ClN3O. The summed E-state index contributed by atoms with van der Waals surface area (Å²) in [5, 5.41) is 4.51. The summed E-state index contributed by atoms with van der Waals surface area (Å²) in [6, 6.07) is 5.64. The van der Waals surface area contributed by atoms with Gasteiger partial charge in [0, 0.05) is 12.3 Å². The first kappa shape index (κ1) is 12.9. The van der Waals surface area contributed by atoms with Gasteiger partial charge in [0.1, 0.15) is 0 Å². The fourth-order valence-corrected chi connectivity index (χ4v) is 1.72. The van der Waals surface area contributed by atoms with E-state index in [9.17, 15) is 0 Å². The van der Waals surface area contributed by atoms with Crippen molar-refractivity contribution in [2.24, 2.45) is 0 Å². The largest absolute Gasteiger partial charge is 0.398 e. The molecular weight excluding hydrogens is 250 g/mol. The second-order valence-corrected chi connectivity index (χ2v) is 4.96. The van der Waals surface area contributed by atoms with Gasteiger partial charge in [0.15, 0.2) is 5.82 Å². The Labute approximate surface area is 111 Å². The van der Waals surface area contributed by atoms with Crippen molar-refractivity contribution in [3.63, 3.8) is 0 Å². The van der Waals surface area contributed by atoms with Gasteiger partial charge in [0.25, 0.3) is 0 Å². The van der Waals surface area contributed by atoms with Crippen LogP contribution in [0.5, 0.6) is 0 Å². The van der Waals surface area contributed by atoms with Gasteiger partial charge in [0.2, 0.25) is 5.89 Å². The minimum absolute atomic E-state index is 0.286. The van der Waals surface area contributed by atoms with Crippen LogP contribution in [0.15, 0.2) is 22.7 Å². The van der Waals surface area contributed by atoms with Gasteiger partial charge >= 0.3 is 0 Å². The SMILES string of the molecule is CC(C)c1noc(CCc2ccc(Cl)c(N)c2)n1. The van der Waals surface area contributed by atoms with E-state index in [1.165, 1.54) is 0 Å². The Kier molecular flexibility index (Phi) is 3.87. The van der Waals surface area contributed by atoms with E-state index in [1.54, 1.807) is 6.07 Å². The Morgan fingerprint density at radius 3 is 2.72 bits per heavy atom. The predicted molar refractivity (Wildman–Crippen MR) is 71.7 cm³/mol. The van der Waals surface area contributed by atoms with Crippen molar-refractivity contribution >= 4 is 17.3 Å². The normalized spacial score (nSPS) is 11.1. The second kappa shape index (κ2) is 5.40. The third-order valence-electron chi connectivity index (χ3n) is 2.69. The standard InChI is InChI=1S/C13H16ClN3O/c1-8(2)13-16-12(18-17-13)6-4-9-3-5-10(14)11(15)7-9/h3,5,7-8H,4,6,15H2,1-2H3. The molecule has 1 heterocycles. The number of nitrogen functional groups attached to an aromatic ring is 1. The molecule has 0 aliphatic heterocycles. The van der Waals surface area contributed by atoms with Crippen molar-refractivity contribution in [2.45, 2.75) is 32.6 Å². The van der Waals surface area contributed by atoms with Crippen molar-refractivity contribution in [3.8, 4) is 0 Å². The number of aryl methyl sites for hydroxylation is 2. The van der Waals surface area contributed by atoms with Crippen LogP contribution in [0.25, 0.3) is 0 Å². The zero-order valence-electron chi connectivity index (χ0n) is 10.5. The van der Waals surface area contributed by atoms with Gasteiger partial charge in [-0.05, 0) is 24.1 Å². The number of rotatable bonds is 4. The molecule has 0 spiro atoms. The molecule has 96 valence electrons. The number of nitrogens with zero attached hydrogens (tertiary/aromatic N) is 2. The third-order valence-corrected chi connectivity index (χ3v) is 3.03. The number of aromatic nitrogens is 2. The number of halogens is 1. The second-order valence-electron chi connectivity index (χ2n) is 4.56. The molecule has 2 rings (SSSR count). The molecule has 0 aliphatic rings. The molecule has 0 aliphatic carbocycles. The maximum Gasteiger partial charge on any atom is 0.226 e. The van der Waals surface area contributed by atoms with Crippen molar-refractivity contribution in [1.29, 1.82) is 0 Å². The molecule has 0 bridgehead atoms. The highest BCUT2D eigenvalue weighted by atomic mass is 35.5.